The van der Waals surface area contributed by atoms with Crippen LogP contribution < -0.4 is 5.73 Å². The van der Waals surface area contributed by atoms with Crippen molar-refractivity contribution in [3.63, 3.8) is 0 Å². The van der Waals surface area contributed by atoms with Crippen molar-refractivity contribution >= 4 is 5.78 Å². The molecule has 1 heterocycles. The molecule has 2 aromatic rings. The molecule has 0 aliphatic rings. The molecule has 0 fully saturated rings. The van der Waals surface area contributed by atoms with Crippen molar-refractivity contribution in [2.45, 2.75) is 13.1 Å². The molecule has 2 N–H and O–H groups in total. The minimum absolute atomic E-state index is 0.0477. The predicted molar refractivity (Wildman–Crippen MR) is 58.6 cm³/mol. The summed E-state index contributed by atoms with van der Waals surface area (Å²) in [5.74, 6) is -0.881. The van der Waals surface area contributed by atoms with Gasteiger partial charge in [-0.2, -0.15) is 0 Å². The number of Topliss-reactive ketones (excluding diaryl/α,β-unsaturated/α-hetero) is 1. The van der Waals surface area contributed by atoms with Crippen molar-refractivity contribution in [2.24, 2.45) is 5.73 Å². The van der Waals surface area contributed by atoms with E-state index in [9.17, 15) is 9.18 Å². The number of hydrogen-bond donors (Lipinski definition) is 1. The summed E-state index contributed by atoms with van der Waals surface area (Å²) < 4.78 is 14.7. The van der Waals surface area contributed by atoms with Gasteiger partial charge in [-0.3, -0.25) is 4.79 Å². The first kappa shape index (κ1) is 11.4. The van der Waals surface area contributed by atoms with Crippen molar-refractivity contribution in [1.82, 2.24) is 15.0 Å². The second-order valence-corrected chi connectivity index (χ2v) is 3.51. The SMILES string of the molecule is NCc1cn(CC(=O)c2ccccc2F)nn1. The summed E-state index contributed by atoms with van der Waals surface area (Å²) in [6.45, 7) is 0.210. The number of carbonyl (C=O) groups excluding carboxylic acids is 1. The summed E-state index contributed by atoms with van der Waals surface area (Å²) in [6, 6.07) is 5.84. The third kappa shape index (κ3) is 2.54. The van der Waals surface area contributed by atoms with Gasteiger partial charge in [0.1, 0.15) is 12.4 Å². The Labute approximate surface area is 97.0 Å². The molecule has 0 amide bonds. The summed E-state index contributed by atoms with van der Waals surface area (Å²) in [7, 11) is 0. The summed E-state index contributed by atoms with van der Waals surface area (Å²) in [5, 5.41) is 7.47. The average molecular weight is 234 g/mol. The Hall–Kier alpha value is -2.08. The van der Waals surface area contributed by atoms with E-state index < -0.39 is 5.82 Å². The summed E-state index contributed by atoms with van der Waals surface area (Å²) in [5.41, 5.74) is 6.01. The highest BCUT2D eigenvalue weighted by Gasteiger charge is 2.12. The van der Waals surface area contributed by atoms with Crippen LogP contribution in [0.2, 0.25) is 0 Å². The lowest BCUT2D eigenvalue weighted by molar-refractivity contribution is 0.0963. The van der Waals surface area contributed by atoms with E-state index in [0.29, 0.717) is 5.69 Å². The smallest absolute Gasteiger partial charge is 0.187 e. The molecule has 0 saturated carbocycles. The highest BCUT2D eigenvalue weighted by Crippen LogP contribution is 2.08. The Bertz CT molecular complexity index is 538. The van der Waals surface area contributed by atoms with Gasteiger partial charge in [-0.15, -0.1) is 5.10 Å². The Balaban J connectivity index is 2.14. The van der Waals surface area contributed by atoms with Crippen molar-refractivity contribution in [3.8, 4) is 0 Å². The van der Waals surface area contributed by atoms with Gasteiger partial charge >= 0.3 is 0 Å². The maximum Gasteiger partial charge on any atom is 0.187 e. The molecule has 1 aromatic carbocycles. The Kier molecular flexibility index (Phi) is 3.24. The molecule has 0 atom stereocenters. The Morgan fingerprint density at radius 1 is 1.41 bits per heavy atom. The van der Waals surface area contributed by atoms with Crippen LogP contribution in [0.4, 0.5) is 4.39 Å². The number of rotatable bonds is 4. The number of aromatic nitrogens is 3. The molecular weight excluding hydrogens is 223 g/mol. The highest BCUT2D eigenvalue weighted by atomic mass is 19.1. The summed E-state index contributed by atoms with van der Waals surface area (Å²) >= 11 is 0. The van der Waals surface area contributed by atoms with Crippen LogP contribution in [-0.2, 0) is 13.1 Å². The molecule has 0 aliphatic carbocycles. The number of ketones is 1. The van der Waals surface area contributed by atoms with Gasteiger partial charge in [0.15, 0.2) is 5.78 Å². The van der Waals surface area contributed by atoms with Crippen LogP contribution in [0.5, 0.6) is 0 Å². The molecule has 1 aromatic heterocycles. The molecule has 0 aliphatic heterocycles. The molecule has 0 spiro atoms. The number of benzene rings is 1. The topological polar surface area (TPSA) is 73.8 Å². The van der Waals surface area contributed by atoms with Gasteiger partial charge in [0, 0.05) is 6.54 Å². The molecule has 0 radical (unpaired) electrons. The monoisotopic (exact) mass is 234 g/mol. The number of carbonyl (C=O) groups is 1. The average Bonchev–Trinajstić information content (AvgIpc) is 2.77. The van der Waals surface area contributed by atoms with E-state index in [1.54, 1.807) is 12.3 Å². The lowest BCUT2D eigenvalue weighted by atomic mass is 10.1. The first-order valence-corrected chi connectivity index (χ1v) is 5.07. The van der Waals surface area contributed by atoms with Gasteiger partial charge in [-0.1, -0.05) is 17.3 Å². The van der Waals surface area contributed by atoms with E-state index in [1.807, 2.05) is 0 Å². The zero-order valence-corrected chi connectivity index (χ0v) is 9.01. The second-order valence-electron chi connectivity index (χ2n) is 3.51. The van der Waals surface area contributed by atoms with E-state index in [2.05, 4.69) is 10.3 Å². The van der Waals surface area contributed by atoms with Crippen molar-refractivity contribution in [2.75, 3.05) is 0 Å². The molecule has 0 bridgehead atoms. The quantitative estimate of drug-likeness (QED) is 0.792. The van der Waals surface area contributed by atoms with Gasteiger partial charge < -0.3 is 5.73 Å². The fourth-order valence-electron chi connectivity index (χ4n) is 1.43. The number of nitrogens with zero attached hydrogens (tertiary/aromatic N) is 3. The molecule has 17 heavy (non-hydrogen) atoms. The minimum Gasteiger partial charge on any atom is -0.325 e. The van der Waals surface area contributed by atoms with Crippen molar-refractivity contribution < 1.29 is 9.18 Å². The van der Waals surface area contributed by atoms with Gasteiger partial charge in [-0.25, -0.2) is 9.07 Å². The normalized spacial score (nSPS) is 10.5. The van der Waals surface area contributed by atoms with E-state index in [0.717, 1.165) is 0 Å². The largest absolute Gasteiger partial charge is 0.325 e. The molecule has 0 saturated heterocycles. The van der Waals surface area contributed by atoms with Crippen LogP contribution in [0.25, 0.3) is 0 Å². The zero-order valence-electron chi connectivity index (χ0n) is 9.01. The fraction of sp³-hybridized carbons (Fsp3) is 0.182. The minimum atomic E-state index is -0.531. The van der Waals surface area contributed by atoms with Crippen molar-refractivity contribution in [3.05, 3.63) is 47.5 Å². The van der Waals surface area contributed by atoms with Gasteiger partial charge in [-0.05, 0) is 12.1 Å². The molecular formula is C11H11FN4O. The molecule has 2 rings (SSSR count). The van der Waals surface area contributed by atoms with Gasteiger partial charge in [0.2, 0.25) is 0 Å². The third-order valence-corrected chi connectivity index (χ3v) is 2.28. The number of halogens is 1. The standard InChI is InChI=1S/C11H11FN4O/c12-10-4-2-1-3-9(10)11(17)7-16-6-8(5-13)14-15-16/h1-4,6H,5,7,13H2. The van der Waals surface area contributed by atoms with Gasteiger partial charge in [0.05, 0.1) is 17.5 Å². The van der Waals surface area contributed by atoms with E-state index >= 15 is 0 Å². The van der Waals surface area contributed by atoms with E-state index in [1.165, 1.54) is 22.9 Å². The lowest BCUT2D eigenvalue weighted by Crippen LogP contribution is -2.12. The van der Waals surface area contributed by atoms with Crippen LogP contribution in [0, 0.1) is 5.82 Å². The maximum atomic E-state index is 13.3. The fourth-order valence-corrected chi connectivity index (χ4v) is 1.43. The molecule has 5 nitrogen and oxygen atoms in total. The molecule has 6 heteroatoms. The maximum absolute atomic E-state index is 13.3. The van der Waals surface area contributed by atoms with Crippen LogP contribution >= 0.6 is 0 Å². The lowest BCUT2D eigenvalue weighted by Gasteiger charge is -2.01. The molecule has 0 unspecified atom stereocenters. The van der Waals surface area contributed by atoms with Crippen LogP contribution in [0.1, 0.15) is 16.1 Å². The Morgan fingerprint density at radius 2 is 2.18 bits per heavy atom. The number of nitrogens with two attached hydrogens (primary N) is 1. The van der Waals surface area contributed by atoms with E-state index in [4.69, 9.17) is 5.73 Å². The van der Waals surface area contributed by atoms with E-state index in [-0.39, 0.29) is 24.4 Å². The highest BCUT2D eigenvalue weighted by molar-refractivity contribution is 5.96. The third-order valence-electron chi connectivity index (χ3n) is 2.28. The zero-order chi connectivity index (χ0) is 12.3. The predicted octanol–water partition coefficient (Wildman–Crippen LogP) is 0.759. The first-order chi connectivity index (χ1) is 8.20. The second kappa shape index (κ2) is 4.84. The molecule has 88 valence electrons. The van der Waals surface area contributed by atoms with Crippen LogP contribution in [0.15, 0.2) is 30.5 Å². The van der Waals surface area contributed by atoms with Gasteiger partial charge in [0.25, 0.3) is 0 Å². The number of hydrogen-bond acceptors (Lipinski definition) is 4. The first-order valence-electron chi connectivity index (χ1n) is 5.07. The van der Waals surface area contributed by atoms with Crippen LogP contribution in [-0.4, -0.2) is 20.8 Å². The Morgan fingerprint density at radius 3 is 2.82 bits per heavy atom. The summed E-state index contributed by atoms with van der Waals surface area (Å²) in [4.78, 5) is 11.8. The van der Waals surface area contributed by atoms with Crippen LogP contribution in [0.3, 0.4) is 0 Å². The summed E-state index contributed by atoms with van der Waals surface area (Å²) in [6.07, 6.45) is 1.57. The van der Waals surface area contributed by atoms with Crippen molar-refractivity contribution in [1.29, 1.82) is 0 Å².